The Morgan fingerprint density at radius 2 is 2.38 bits per heavy atom. The van der Waals surface area contributed by atoms with E-state index >= 15 is 0 Å². The van der Waals surface area contributed by atoms with Crippen molar-refractivity contribution in [2.75, 3.05) is 0 Å². The summed E-state index contributed by atoms with van der Waals surface area (Å²) in [7, 11) is 0. The lowest BCUT2D eigenvalue weighted by molar-refractivity contribution is -0.137. The van der Waals surface area contributed by atoms with Gasteiger partial charge in [0.1, 0.15) is 0 Å². The van der Waals surface area contributed by atoms with Crippen molar-refractivity contribution >= 4 is 5.97 Å². The van der Waals surface area contributed by atoms with Crippen LogP contribution in [0.1, 0.15) is 49.1 Å². The van der Waals surface area contributed by atoms with Gasteiger partial charge in [0.05, 0.1) is 12.1 Å². The molecular formula is C12H18N2O2. The molecule has 0 saturated heterocycles. The minimum atomic E-state index is -0.709. The zero-order valence-electron chi connectivity index (χ0n) is 9.86. The van der Waals surface area contributed by atoms with Gasteiger partial charge in [-0.15, -0.1) is 0 Å². The lowest BCUT2D eigenvalue weighted by Crippen LogP contribution is -2.17. The molecule has 1 atom stereocenters. The number of carbonyl (C=O) groups is 1. The number of fused-ring (bicyclic) bond motifs is 1. The number of hydrogen-bond acceptors (Lipinski definition) is 2. The van der Waals surface area contributed by atoms with Crippen molar-refractivity contribution in [2.45, 2.75) is 52.0 Å². The van der Waals surface area contributed by atoms with Crippen LogP contribution in [0.4, 0.5) is 0 Å². The molecule has 1 aliphatic carbocycles. The summed E-state index contributed by atoms with van der Waals surface area (Å²) >= 11 is 0. The minimum Gasteiger partial charge on any atom is -0.481 e. The molecule has 2 rings (SSSR count). The summed E-state index contributed by atoms with van der Waals surface area (Å²) in [5, 5.41) is 13.4. The monoisotopic (exact) mass is 222 g/mol. The number of aryl methyl sites for hydroxylation is 2. The number of nitrogens with zero attached hydrogens (tertiary/aromatic N) is 2. The third kappa shape index (κ3) is 1.84. The molecule has 88 valence electrons. The lowest BCUT2D eigenvalue weighted by Gasteiger charge is -2.22. The fraction of sp³-hybridized carbons (Fsp3) is 0.667. The van der Waals surface area contributed by atoms with Crippen LogP contribution in [0.15, 0.2) is 0 Å². The van der Waals surface area contributed by atoms with Crippen molar-refractivity contribution in [3.8, 4) is 0 Å². The number of hydrogen-bond donors (Lipinski definition) is 1. The van der Waals surface area contributed by atoms with Gasteiger partial charge in [-0.05, 0) is 38.7 Å². The second-order valence-corrected chi connectivity index (χ2v) is 4.45. The largest absolute Gasteiger partial charge is 0.481 e. The van der Waals surface area contributed by atoms with Crippen molar-refractivity contribution < 1.29 is 9.90 Å². The van der Waals surface area contributed by atoms with E-state index < -0.39 is 5.97 Å². The van der Waals surface area contributed by atoms with Gasteiger partial charge < -0.3 is 5.11 Å². The van der Waals surface area contributed by atoms with Crippen LogP contribution >= 0.6 is 0 Å². The molecule has 1 aromatic heterocycles. The summed E-state index contributed by atoms with van der Waals surface area (Å²) in [6.07, 6.45) is 3.35. The molecule has 0 amide bonds. The van der Waals surface area contributed by atoms with Gasteiger partial charge in [0.25, 0.3) is 0 Å². The lowest BCUT2D eigenvalue weighted by atomic mass is 9.84. The number of rotatable bonds is 3. The first kappa shape index (κ1) is 11.2. The van der Waals surface area contributed by atoms with Crippen LogP contribution in [0.25, 0.3) is 0 Å². The van der Waals surface area contributed by atoms with Crippen molar-refractivity contribution in [3.05, 3.63) is 17.0 Å². The van der Waals surface area contributed by atoms with Crippen LogP contribution in [0.2, 0.25) is 0 Å². The Kier molecular flexibility index (Phi) is 2.99. The van der Waals surface area contributed by atoms with E-state index in [-0.39, 0.29) is 12.3 Å². The molecule has 1 unspecified atom stereocenters. The molecular weight excluding hydrogens is 204 g/mol. The van der Waals surface area contributed by atoms with Gasteiger partial charge in [-0.1, -0.05) is 0 Å². The molecule has 4 nitrogen and oxygen atoms in total. The van der Waals surface area contributed by atoms with E-state index in [0.29, 0.717) is 0 Å². The van der Waals surface area contributed by atoms with Crippen LogP contribution < -0.4 is 0 Å². The summed E-state index contributed by atoms with van der Waals surface area (Å²) in [6.45, 7) is 4.90. The Balaban J connectivity index is 2.39. The SMILES string of the molecule is CCn1nc(C)c2c1C(CC(=O)O)CCC2. The van der Waals surface area contributed by atoms with Crippen LogP contribution in [0.5, 0.6) is 0 Å². The van der Waals surface area contributed by atoms with E-state index in [2.05, 4.69) is 12.0 Å². The molecule has 16 heavy (non-hydrogen) atoms. The Bertz CT molecular complexity index is 409. The molecule has 0 fully saturated rings. The quantitative estimate of drug-likeness (QED) is 0.852. The van der Waals surface area contributed by atoms with E-state index in [1.807, 2.05) is 11.6 Å². The maximum atomic E-state index is 10.9. The molecule has 1 N–H and O–H groups in total. The minimum absolute atomic E-state index is 0.155. The van der Waals surface area contributed by atoms with Gasteiger partial charge in [0.2, 0.25) is 0 Å². The second-order valence-electron chi connectivity index (χ2n) is 4.45. The number of carboxylic acid groups (broad SMARTS) is 1. The Labute approximate surface area is 95.3 Å². The smallest absolute Gasteiger partial charge is 0.304 e. The molecule has 1 aromatic rings. The maximum Gasteiger partial charge on any atom is 0.304 e. The molecule has 0 spiro atoms. The molecule has 0 aliphatic heterocycles. The topological polar surface area (TPSA) is 55.1 Å². The third-order valence-corrected chi connectivity index (χ3v) is 3.38. The number of aromatic nitrogens is 2. The first-order chi connectivity index (χ1) is 7.63. The fourth-order valence-corrected chi connectivity index (χ4v) is 2.72. The van der Waals surface area contributed by atoms with E-state index in [9.17, 15) is 4.79 Å². The van der Waals surface area contributed by atoms with E-state index in [1.165, 1.54) is 11.3 Å². The summed E-state index contributed by atoms with van der Waals surface area (Å²) in [5.74, 6) is -0.554. The first-order valence-corrected chi connectivity index (χ1v) is 5.91. The van der Waals surface area contributed by atoms with Gasteiger partial charge in [-0.2, -0.15) is 5.10 Å². The molecule has 0 aromatic carbocycles. The molecule has 4 heteroatoms. The highest BCUT2D eigenvalue weighted by atomic mass is 16.4. The predicted octanol–water partition coefficient (Wildman–Crippen LogP) is 2.11. The average molecular weight is 222 g/mol. The van der Waals surface area contributed by atoms with Gasteiger partial charge in [-0.25, -0.2) is 0 Å². The first-order valence-electron chi connectivity index (χ1n) is 5.91. The molecule has 1 aliphatic rings. The van der Waals surface area contributed by atoms with Gasteiger partial charge in [0.15, 0.2) is 0 Å². The molecule has 0 radical (unpaired) electrons. The standard InChI is InChI=1S/C12H18N2O2/c1-3-14-12-9(7-11(15)16)5-4-6-10(12)8(2)13-14/h9H,3-7H2,1-2H3,(H,15,16). The Morgan fingerprint density at radius 1 is 1.62 bits per heavy atom. The second kappa shape index (κ2) is 4.28. The van der Waals surface area contributed by atoms with Gasteiger partial charge in [-0.3, -0.25) is 9.48 Å². The third-order valence-electron chi connectivity index (χ3n) is 3.38. The van der Waals surface area contributed by atoms with Crippen molar-refractivity contribution in [3.63, 3.8) is 0 Å². The normalized spacial score (nSPS) is 19.5. The van der Waals surface area contributed by atoms with Crippen LogP contribution in [-0.2, 0) is 17.8 Å². The highest BCUT2D eigenvalue weighted by Gasteiger charge is 2.28. The van der Waals surface area contributed by atoms with Crippen LogP contribution in [0.3, 0.4) is 0 Å². The highest BCUT2D eigenvalue weighted by Crippen LogP contribution is 2.35. The number of aliphatic carboxylic acids is 1. The van der Waals surface area contributed by atoms with Crippen molar-refractivity contribution in [2.24, 2.45) is 0 Å². The van der Waals surface area contributed by atoms with Gasteiger partial charge >= 0.3 is 5.97 Å². The zero-order chi connectivity index (χ0) is 11.7. The maximum absolute atomic E-state index is 10.9. The number of carboxylic acids is 1. The Morgan fingerprint density at radius 3 is 3.00 bits per heavy atom. The summed E-state index contributed by atoms with van der Waals surface area (Å²) in [4.78, 5) is 10.9. The Hall–Kier alpha value is -1.32. The van der Waals surface area contributed by atoms with E-state index in [4.69, 9.17) is 5.11 Å². The predicted molar refractivity (Wildman–Crippen MR) is 60.6 cm³/mol. The van der Waals surface area contributed by atoms with E-state index in [1.54, 1.807) is 0 Å². The highest BCUT2D eigenvalue weighted by molar-refractivity contribution is 5.68. The van der Waals surface area contributed by atoms with E-state index in [0.717, 1.165) is 31.5 Å². The summed E-state index contributed by atoms with van der Waals surface area (Å²) in [5.41, 5.74) is 3.54. The molecule has 0 bridgehead atoms. The van der Waals surface area contributed by atoms with Crippen LogP contribution in [-0.4, -0.2) is 20.9 Å². The fourth-order valence-electron chi connectivity index (χ4n) is 2.72. The summed E-state index contributed by atoms with van der Waals surface area (Å²) < 4.78 is 1.98. The summed E-state index contributed by atoms with van der Waals surface area (Å²) in [6, 6.07) is 0. The molecule has 0 saturated carbocycles. The van der Waals surface area contributed by atoms with Gasteiger partial charge in [0, 0.05) is 18.2 Å². The van der Waals surface area contributed by atoms with Crippen molar-refractivity contribution in [1.82, 2.24) is 9.78 Å². The molecule has 1 heterocycles. The van der Waals surface area contributed by atoms with Crippen molar-refractivity contribution in [1.29, 1.82) is 0 Å². The average Bonchev–Trinajstić information content (AvgIpc) is 2.56. The van der Waals surface area contributed by atoms with Crippen LogP contribution in [0, 0.1) is 6.92 Å². The zero-order valence-corrected chi connectivity index (χ0v) is 9.86.